The van der Waals surface area contributed by atoms with Gasteiger partial charge in [0, 0.05) is 38.1 Å². The Bertz CT molecular complexity index is 793. The van der Waals surface area contributed by atoms with E-state index in [4.69, 9.17) is 14.0 Å². The third-order valence-electron chi connectivity index (χ3n) is 4.03. The highest BCUT2D eigenvalue weighted by Crippen LogP contribution is 2.35. The minimum Gasteiger partial charge on any atom is -0.494 e. The molecule has 1 unspecified atom stereocenters. The number of guanidine groups is 1. The largest absolute Gasteiger partial charge is 0.494 e. The lowest BCUT2D eigenvalue weighted by Crippen LogP contribution is -2.36. The van der Waals surface area contributed by atoms with Crippen LogP contribution >= 0.6 is 24.0 Å². The number of aromatic nitrogens is 2. The number of aryl methyl sites for hydroxylation is 1. The number of fused-ring (bicyclic) bond motifs is 1. The van der Waals surface area contributed by atoms with Crippen LogP contribution in [0.3, 0.4) is 0 Å². The number of hydrogen-bond acceptors (Lipinski definition) is 6. The molecule has 0 saturated heterocycles. The van der Waals surface area contributed by atoms with E-state index in [1.165, 1.54) is 5.56 Å². The molecule has 1 atom stereocenters. The van der Waals surface area contributed by atoms with Gasteiger partial charge < -0.3 is 24.6 Å². The maximum absolute atomic E-state index is 5.87. The SMILES string of the molecule is CCOc1cc2c(cc1CNC(=NC)NCc1noc(C)n1)OC(C)C2.I. The summed E-state index contributed by atoms with van der Waals surface area (Å²) in [6.45, 7) is 7.42. The summed E-state index contributed by atoms with van der Waals surface area (Å²) in [6, 6.07) is 4.13. The molecule has 0 saturated carbocycles. The van der Waals surface area contributed by atoms with Gasteiger partial charge in [-0.15, -0.1) is 24.0 Å². The van der Waals surface area contributed by atoms with Crippen LogP contribution < -0.4 is 20.1 Å². The van der Waals surface area contributed by atoms with Crippen LogP contribution in [-0.2, 0) is 19.5 Å². The summed E-state index contributed by atoms with van der Waals surface area (Å²) in [5.74, 6) is 3.58. The Morgan fingerprint density at radius 3 is 2.78 bits per heavy atom. The lowest BCUT2D eigenvalue weighted by atomic mass is 10.1. The predicted molar refractivity (Wildman–Crippen MR) is 113 cm³/mol. The van der Waals surface area contributed by atoms with Gasteiger partial charge in [-0.25, -0.2) is 0 Å². The third-order valence-corrected chi connectivity index (χ3v) is 4.03. The van der Waals surface area contributed by atoms with Gasteiger partial charge in [0.25, 0.3) is 0 Å². The van der Waals surface area contributed by atoms with E-state index >= 15 is 0 Å². The Morgan fingerprint density at radius 1 is 1.33 bits per heavy atom. The Kier molecular flexibility index (Phi) is 7.69. The molecule has 0 aliphatic carbocycles. The van der Waals surface area contributed by atoms with Crippen LogP contribution in [0, 0.1) is 6.92 Å². The Labute approximate surface area is 176 Å². The van der Waals surface area contributed by atoms with Gasteiger partial charge in [0.2, 0.25) is 5.89 Å². The van der Waals surface area contributed by atoms with Crippen LogP contribution in [-0.4, -0.2) is 35.9 Å². The van der Waals surface area contributed by atoms with E-state index in [-0.39, 0.29) is 30.1 Å². The molecule has 1 aromatic carbocycles. The standard InChI is InChI=1S/C18H25N5O3.HI/c1-5-24-15-7-13-6-11(2)25-16(13)8-14(15)9-20-18(19-4)21-10-17-22-12(3)26-23-17;/h7-8,11H,5-6,9-10H2,1-4H3,(H2,19,20,21);1H. The van der Waals surface area contributed by atoms with Crippen LogP contribution in [0.1, 0.15) is 36.7 Å². The van der Waals surface area contributed by atoms with Crippen LogP contribution in [0.5, 0.6) is 11.5 Å². The van der Waals surface area contributed by atoms with Crippen molar-refractivity contribution in [2.24, 2.45) is 4.99 Å². The molecule has 1 aliphatic heterocycles. The van der Waals surface area contributed by atoms with Gasteiger partial charge in [0.1, 0.15) is 17.6 Å². The van der Waals surface area contributed by atoms with Gasteiger partial charge in [-0.2, -0.15) is 4.98 Å². The molecule has 0 radical (unpaired) electrons. The number of ether oxygens (including phenoxy) is 2. The molecular formula is C18H26IN5O3. The maximum atomic E-state index is 5.87. The zero-order chi connectivity index (χ0) is 18.5. The smallest absolute Gasteiger partial charge is 0.223 e. The average Bonchev–Trinajstić information content (AvgIpc) is 3.19. The van der Waals surface area contributed by atoms with Crippen molar-refractivity contribution in [2.75, 3.05) is 13.7 Å². The maximum Gasteiger partial charge on any atom is 0.223 e. The van der Waals surface area contributed by atoms with Crippen molar-refractivity contribution in [1.82, 2.24) is 20.8 Å². The quantitative estimate of drug-likeness (QED) is 0.368. The Balaban J connectivity index is 0.00000261. The highest BCUT2D eigenvalue weighted by Gasteiger charge is 2.21. The molecule has 1 aliphatic rings. The van der Waals surface area contributed by atoms with E-state index in [1.54, 1.807) is 14.0 Å². The summed E-state index contributed by atoms with van der Waals surface area (Å²) in [5, 5.41) is 10.3. The number of nitrogens with zero attached hydrogens (tertiary/aromatic N) is 3. The number of benzene rings is 1. The van der Waals surface area contributed by atoms with Gasteiger partial charge in [0.05, 0.1) is 13.2 Å². The molecule has 0 amide bonds. The normalized spacial score (nSPS) is 15.6. The summed E-state index contributed by atoms with van der Waals surface area (Å²) in [4.78, 5) is 8.38. The van der Waals surface area contributed by atoms with Crippen LogP contribution in [0.15, 0.2) is 21.6 Å². The van der Waals surface area contributed by atoms with Crippen molar-refractivity contribution >= 4 is 29.9 Å². The molecule has 0 fully saturated rings. The second kappa shape index (κ2) is 9.77. The molecule has 27 heavy (non-hydrogen) atoms. The molecule has 0 bridgehead atoms. The third kappa shape index (κ3) is 5.47. The van der Waals surface area contributed by atoms with Crippen LogP contribution in [0.25, 0.3) is 0 Å². The lowest BCUT2D eigenvalue weighted by molar-refractivity contribution is 0.254. The first-order valence-electron chi connectivity index (χ1n) is 8.78. The lowest BCUT2D eigenvalue weighted by Gasteiger charge is -2.15. The average molecular weight is 487 g/mol. The van der Waals surface area contributed by atoms with Crippen molar-refractivity contribution in [3.8, 4) is 11.5 Å². The molecule has 0 spiro atoms. The topological polar surface area (TPSA) is 93.8 Å². The first kappa shape index (κ1) is 21.3. The molecular weight excluding hydrogens is 461 g/mol. The fraction of sp³-hybridized carbons (Fsp3) is 0.500. The Hall–Kier alpha value is -2.04. The monoisotopic (exact) mass is 487 g/mol. The zero-order valence-electron chi connectivity index (χ0n) is 16.0. The molecule has 148 valence electrons. The van der Waals surface area contributed by atoms with E-state index in [1.807, 2.05) is 13.0 Å². The Morgan fingerprint density at radius 2 is 2.11 bits per heavy atom. The summed E-state index contributed by atoms with van der Waals surface area (Å²) in [7, 11) is 1.72. The van der Waals surface area contributed by atoms with Crippen molar-refractivity contribution in [3.05, 3.63) is 35.0 Å². The molecule has 3 rings (SSSR count). The van der Waals surface area contributed by atoms with E-state index in [0.29, 0.717) is 37.4 Å². The number of rotatable bonds is 6. The molecule has 2 N–H and O–H groups in total. The van der Waals surface area contributed by atoms with Crippen molar-refractivity contribution in [3.63, 3.8) is 0 Å². The van der Waals surface area contributed by atoms with Crippen molar-refractivity contribution in [2.45, 2.75) is 46.4 Å². The van der Waals surface area contributed by atoms with E-state index < -0.39 is 0 Å². The van der Waals surface area contributed by atoms with E-state index in [2.05, 4.69) is 38.8 Å². The molecule has 2 aromatic rings. The highest BCUT2D eigenvalue weighted by atomic mass is 127. The van der Waals surface area contributed by atoms with Gasteiger partial charge in [-0.3, -0.25) is 4.99 Å². The van der Waals surface area contributed by atoms with Gasteiger partial charge in [-0.1, -0.05) is 5.16 Å². The highest BCUT2D eigenvalue weighted by molar-refractivity contribution is 14.0. The van der Waals surface area contributed by atoms with Gasteiger partial charge in [-0.05, 0) is 26.0 Å². The second-order valence-electron chi connectivity index (χ2n) is 6.14. The first-order chi connectivity index (χ1) is 12.6. The molecule has 8 nitrogen and oxygen atoms in total. The number of hydrogen-bond donors (Lipinski definition) is 2. The van der Waals surface area contributed by atoms with Crippen LogP contribution in [0.4, 0.5) is 0 Å². The predicted octanol–water partition coefficient (Wildman–Crippen LogP) is 2.58. The van der Waals surface area contributed by atoms with Crippen LogP contribution in [0.2, 0.25) is 0 Å². The molecule has 1 aromatic heterocycles. The fourth-order valence-electron chi connectivity index (χ4n) is 2.88. The minimum absolute atomic E-state index is 0. The second-order valence-corrected chi connectivity index (χ2v) is 6.14. The number of aliphatic imine (C=N–C) groups is 1. The number of nitrogens with one attached hydrogen (secondary N) is 2. The minimum atomic E-state index is 0. The summed E-state index contributed by atoms with van der Waals surface area (Å²) >= 11 is 0. The summed E-state index contributed by atoms with van der Waals surface area (Å²) in [6.07, 6.45) is 1.12. The summed E-state index contributed by atoms with van der Waals surface area (Å²) in [5.41, 5.74) is 2.22. The fourth-order valence-corrected chi connectivity index (χ4v) is 2.88. The molecule has 2 heterocycles. The van der Waals surface area contributed by atoms with Gasteiger partial charge >= 0.3 is 0 Å². The van der Waals surface area contributed by atoms with Gasteiger partial charge in [0.15, 0.2) is 11.8 Å². The van der Waals surface area contributed by atoms with E-state index in [9.17, 15) is 0 Å². The van der Waals surface area contributed by atoms with Crippen molar-refractivity contribution < 1.29 is 14.0 Å². The number of halogens is 1. The van der Waals surface area contributed by atoms with E-state index in [0.717, 1.165) is 23.5 Å². The first-order valence-corrected chi connectivity index (χ1v) is 8.78. The zero-order valence-corrected chi connectivity index (χ0v) is 18.4. The summed E-state index contributed by atoms with van der Waals surface area (Å²) < 4.78 is 16.6. The van der Waals surface area contributed by atoms with Crippen molar-refractivity contribution in [1.29, 1.82) is 0 Å². The molecule has 9 heteroatoms.